The van der Waals surface area contributed by atoms with E-state index in [-0.39, 0.29) is 45.1 Å². The molecule has 0 aromatic heterocycles. The number of primary amides is 1. The Hall–Kier alpha value is -3.97. The predicted octanol–water partition coefficient (Wildman–Crippen LogP) is 0.770. The molecule has 0 fully saturated rings. The molecule has 0 bridgehead atoms. The smallest absolute Gasteiger partial charge is 0.312 e. The number of imide groups is 1. The number of halogens is 1. The molecule has 1 unspecified atom stereocenters. The molecule has 14 heteroatoms. The van der Waals surface area contributed by atoms with Crippen LogP contribution in [0.1, 0.15) is 38.7 Å². The molecule has 0 saturated heterocycles. The van der Waals surface area contributed by atoms with Gasteiger partial charge in [-0.05, 0) is 36.5 Å². The number of benzene rings is 1. The van der Waals surface area contributed by atoms with Crippen LogP contribution >= 0.6 is 11.6 Å². The molecule has 0 spiro atoms. The first-order chi connectivity index (χ1) is 19.5. The number of hydrogen-bond acceptors (Lipinski definition) is 7. The number of nitrogens with one attached hydrogen (secondary N) is 4. The van der Waals surface area contributed by atoms with Crippen molar-refractivity contribution in [2.75, 3.05) is 31.6 Å². The molecule has 13 nitrogen and oxygen atoms in total. The van der Waals surface area contributed by atoms with Gasteiger partial charge in [0.15, 0.2) is 0 Å². The van der Waals surface area contributed by atoms with Gasteiger partial charge in [-0.25, -0.2) is 4.79 Å². The second-order valence-corrected chi connectivity index (χ2v) is 9.89. The molecule has 1 aliphatic rings. The summed E-state index contributed by atoms with van der Waals surface area (Å²) in [6.07, 6.45) is 2.85. The first-order valence-corrected chi connectivity index (χ1v) is 13.7. The molecule has 2 atom stereocenters. The third-order valence-corrected chi connectivity index (χ3v) is 6.39. The summed E-state index contributed by atoms with van der Waals surface area (Å²) in [5.74, 6) is -2.27. The van der Waals surface area contributed by atoms with Gasteiger partial charge in [-0.15, -0.1) is 11.6 Å². The fourth-order valence-electron chi connectivity index (χ4n) is 3.81. The highest BCUT2D eigenvalue weighted by Crippen LogP contribution is 2.13. The van der Waals surface area contributed by atoms with Crippen LogP contribution in [-0.4, -0.2) is 78.9 Å². The van der Waals surface area contributed by atoms with Crippen molar-refractivity contribution in [2.24, 2.45) is 11.7 Å². The monoisotopic (exact) mass is 592 g/mol. The number of amides is 7. The summed E-state index contributed by atoms with van der Waals surface area (Å²) in [5, 5.41) is 10.6. The van der Waals surface area contributed by atoms with Crippen molar-refractivity contribution in [1.29, 1.82) is 0 Å². The van der Waals surface area contributed by atoms with Crippen molar-refractivity contribution in [1.82, 2.24) is 20.9 Å². The van der Waals surface area contributed by atoms with Crippen LogP contribution in [0, 0.1) is 5.92 Å². The minimum absolute atomic E-state index is 0.0162. The Morgan fingerprint density at radius 2 is 1.63 bits per heavy atom. The molecular weight excluding hydrogens is 556 g/mol. The van der Waals surface area contributed by atoms with Gasteiger partial charge in [0.2, 0.25) is 17.7 Å². The van der Waals surface area contributed by atoms with E-state index in [1.54, 1.807) is 38.1 Å². The lowest BCUT2D eigenvalue weighted by Crippen LogP contribution is -2.54. The first-order valence-electron chi connectivity index (χ1n) is 13.2. The second-order valence-electron chi connectivity index (χ2n) is 9.63. The molecule has 1 aliphatic heterocycles. The van der Waals surface area contributed by atoms with Crippen LogP contribution in [0.15, 0.2) is 36.4 Å². The number of ether oxygens (including phenoxy) is 1. The zero-order valence-electron chi connectivity index (χ0n) is 23.1. The zero-order valence-corrected chi connectivity index (χ0v) is 23.9. The minimum atomic E-state index is -0.961. The van der Waals surface area contributed by atoms with Crippen molar-refractivity contribution in [2.45, 2.75) is 51.1 Å². The van der Waals surface area contributed by atoms with E-state index in [0.717, 1.165) is 10.5 Å². The summed E-state index contributed by atoms with van der Waals surface area (Å²) in [6, 6.07) is 4.33. The van der Waals surface area contributed by atoms with Gasteiger partial charge in [0.25, 0.3) is 11.8 Å². The Morgan fingerprint density at radius 3 is 2.22 bits per heavy atom. The van der Waals surface area contributed by atoms with Crippen LogP contribution in [0.2, 0.25) is 0 Å². The van der Waals surface area contributed by atoms with Gasteiger partial charge in [0.05, 0.1) is 19.8 Å². The number of urea groups is 1. The van der Waals surface area contributed by atoms with Gasteiger partial charge in [-0.3, -0.25) is 28.9 Å². The first kappa shape index (κ1) is 33.2. The van der Waals surface area contributed by atoms with E-state index in [9.17, 15) is 28.8 Å². The molecule has 2 rings (SSSR count). The van der Waals surface area contributed by atoms with E-state index in [1.807, 2.05) is 0 Å². The number of alkyl halides is 1. The largest absolute Gasteiger partial charge is 0.379 e. The third kappa shape index (κ3) is 11.6. The number of nitrogens with two attached hydrogens (primary N) is 1. The zero-order chi connectivity index (χ0) is 30.4. The number of anilines is 1. The number of hydrogen-bond donors (Lipinski definition) is 5. The summed E-state index contributed by atoms with van der Waals surface area (Å²) in [6.45, 7) is 3.87. The normalized spacial score (nSPS) is 14.1. The van der Waals surface area contributed by atoms with Crippen LogP contribution in [0.25, 0.3) is 0 Å². The van der Waals surface area contributed by atoms with E-state index in [4.69, 9.17) is 22.1 Å². The van der Waals surface area contributed by atoms with Crippen molar-refractivity contribution in [3.63, 3.8) is 0 Å². The summed E-state index contributed by atoms with van der Waals surface area (Å²) in [7, 11) is 0. The minimum Gasteiger partial charge on any atom is -0.379 e. The lowest BCUT2D eigenvalue weighted by molar-refractivity contribution is -0.138. The third-order valence-electron chi connectivity index (χ3n) is 6.08. The van der Waals surface area contributed by atoms with Gasteiger partial charge >= 0.3 is 6.03 Å². The van der Waals surface area contributed by atoms with E-state index >= 15 is 0 Å². The molecule has 0 radical (unpaired) electrons. The van der Waals surface area contributed by atoms with Crippen LogP contribution in [0.3, 0.4) is 0 Å². The Bertz CT molecular complexity index is 1110. The summed E-state index contributed by atoms with van der Waals surface area (Å²) < 4.78 is 5.37. The molecule has 224 valence electrons. The van der Waals surface area contributed by atoms with Crippen molar-refractivity contribution >= 4 is 52.9 Å². The lowest BCUT2D eigenvalue weighted by atomic mass is 10.0. The number of nitrogens with zero attached hydrogens (tertiary/aromatic N) is 1. The van der Waals surface area contributed by atoms with E-state index in [2.05, 4.69) is 21.3 Å². The topological polar surface area (TPSA) is 189 Å². The average Bonchev–Trinajstić information content (AvgIpc) is 3.25. The predicted molar refractivity (Wildman–Crippen MR) is 151 cm³/mol. The quantitative estimate of drug-likeness (QED) is 0.100. The van der Waals surface area contributed by atoms with Crippen LogP contribution in [0.5, 0.6) is 0 Å². The molecule has 1 aromatic carbocycles. The second kappa shape index (κ2) is 17.0. The Morgan fingerprint density at radius 1 is 0.976 bits per heavy atom. The molecule has 6 N–H and O–H groups in total. The standard InChI is InChI=1S/C27H37ClN6O7/c1-17(2)24(33-21(35)11-14-41-15-13-34-22(36)9-10-23(34)37)26(39)32-20(4-3-12-30-27(29)40)25(38)31-19-7-5-18(16-28)6-8-19/h5-10,17,20,24H,3-4,11-16H2,1-2H3,(H,31,38)(H,32,39)(H,33,35)(H3,29,30,40)/t20?,24-/m0/s1. The van der Waals surface area contributed by atoms with Gasteiger partial charge in [0, 0.05) is 36.7 Å². The van der Waals surface area contributed by atoms with E-state index in [0.29, 0.717) is 18.0 Å². The SMILES string of the molecule is CC(C)[C@H](NC(=O)CCOCCN1C(=O)C=CC1=O)C(=O)NC(CCCNC(N)=O)C(=O)Nc1ccc(CCl)cc1. The Balaban J connectivity index is 1.92. The maximum absolute atomic E-state index is 13.2. The van der Waals surface area contributed by atoms with Crippen LogP contribution in [-0.2, 0) is 34.6 Å². The van der Waals surface area contributed by atoms with Gasteiger partial charge < -0.3 is 31.7 Å². The molecule has 0 saturated carbocycles. The summed E-state index contributed by atoms with van der Waals surface area (Å²) in [5.41, 5.74) is 6.49. The molecule has 0 aliphatic carbocycles. The highest BCUT2D eigenvalue weighted by atomic mass is 35.5. The fraction of sp³-hybridized carbons (Fsp3) is 0.481. The molecule has 1 heterocycles. The Kier molecular flexibility index (Phi) is 13.8. The summed E-state index contributed by atoms with van der Waals surface area (Å²) in [4.78, 5) is 73.9. The number of carbonyl (C=O) groups excluding carboxylic acids is 6. The van der Waals surface area contributed by atoms with Crippen molar-refractivity contribution in [3.8, 4) is 0 Å². The molecule has 7 amide bonds. The van der Waals surface area contributed by atoms with Gasteiger partial charge in [0.1, 0.15) is 12.1 Å². The van der Waals surface area contributed by atoms with Crippen molar-refractivity contribution < 1.29 is 33.5 Å². The maximum atomic E-state index is 13.2. The Labute approximate surface area is 243 Å². The molecule has 1 aromatic rings. The van der Waals surface area contributed by atoms with E-state index in [1.165, 1.54) is 12.2 Å². The number of rotatable bonds is 17. The summed E-state index contributed by atoms with van der Waals surface area (Å²) >= 11 is 5.82. The van der Waals surface area contributed by atoms with E-state index < -0.39 is 47.7 Å². The van der Waals surface area contributed by atoms with Crippen LogP contribution < -0.4 is 27.0 Å². The maximum Gasteiger partial charge on any atom is 0.312 e. The van der Waals surface area contributed by atoms with Crippen LogP contribution in [0.4, 0.5) is 10.5 Å². The van der Waals surface area contributed by atoms with Gasteiger partial charge in [-0.1, -0.05) is 26.0 Å². The van der Waals surface area contributed by atoms with Crippen molar-refractivity contribution in [3.05, 3.63) is 42.0 Å². The highest BCUT2D eigenvalue weighted by molar-refractivity contribution is 6.17. The molecule has 41 heavy (non-hydrogen) atoms. The van der Waals surface area contributed by atoms with Gasteiger partial charge in [-0.2, -0.15) is 0 Å². The average molecular weight is 593 g/mol. The number of carbonyl (C=O) groups is 6. The lowest BCUT2D eigenvalue weighted by Gasteiger charge is -2.25. The highest BCUT2D eigenvalue weighted by Gasteiger charge is 2.29. The fourth-order valence-corrected chi connectivity index (χ4v) is 3.99. The molecular formula is C27H37ClN6O7.